The van der Waals surface area contributed by atoms with Gasteiger partial charge in [0, 0.05) is 0 Å². The lowest BCUT2D eigenvalue weighted by atomic mass is 10.1. The predicted molar refractivity (Wildman–Crippen MR) is 48.3 cm³/mol. The van der Waals surface area contributed by atoms with Gasteiger partial charge in [-0.1, -0.05) is 17.3 Å². The lowest BCUT2D eigenvalue weighted by Gasteiger charge is -1.95. The molecule has 0 aliphatic carbocycles. The molecule has 1 heterocycles. The summed E-state index contributed by atoms with van der Waals surface area (Å²) in [5, 5.41) is 12.1. The van der Waals surface area contributed by atoms with E-state index in [1.54, 1.807) is 12.1 Å². The topological polar surface area (TPSA) is 62.7 Å². The first-order valence-corrected chi connectivity index (χ1v) is 4.13. The molecule has 0 aliphatic rings. The van der Waals surface area contributed by atoms with Gasteiger partial charge < -0.3 is 4.52 Å². The average molecular weight is 185 g/mol. The molecule has 1 aromatic carbocycles. The van der Waals surface area contributed by atoms with Crippen LogP contribution in [0.3, 0.4) is 0 Å². The Bertz CT molecular complexity index is 439. The van der Waals surface area contributed by atoms with E-state index in [1.807, 2.05) is 12.1 Å². The molecule has 0 fully saturated rings. The van der Waals surface area contributed by atoms with Crippen LogP contribution in [-0.2, 0) is 6.42 Å². The summed E-state index contributed by atoms with van der Waals surface area (Å²) < 4.78 is 4.87. The molecule has 0 saturated heterocycles. The van der Waals surface area contributed by atoms with E-state index in [0.717, 1.165) is 5.56 Å². The molecule has 0 radical (unpaired) electrons. The fourth-order valence-corrected chi connectivity index (χ4v) is 1.15. The Kier molecular flexibility index (Phi) is 2.24. The first kappa shape index (κ1) is 8.45. The van der Waals surface area contributed by atoms with Crippen LogP contribution in [0.5, 0.6) is 0 Å². The van der Waals surface area contributed by atoms with E-state index in [0.29, 0.717) is 17.9 Å². The molecule has 2 aromatic rings. The zero-order valence-electron chi connectivity index (χ0n) is 7.34. The van der Waals surface area contributed by atoms with Crippen LogP contribution in [0, 0.1) is 11.3 Å². The van der Waals surface area contributed by atoms with Crippen LogP contribution in [0.4, 0.5) is 0 Å². The van der Waals surface area contributed by atoms with Gasteiger partial charge in [-0.3, -0.25) is 0 Å². The van der Waals surface area contributed by atoms with E-state index in [1.165, 1.54) is 6.33 Å². The number of benzene rings is 1. The van der Waals surface area contributed by atoms with Gasteiger partial charge in [0.05, 0.1) is 18.1 Å². The molecule has 0 aliphatic heterocycles. The number of nitrogens with zero attached hydrogens (tertiary/aromatic N) is 3. The van der Waals surface area contributed by atoms with E-state index in [9.17, 15) is 0 Å². The largest absolute Gasteiger partial charge is 0.339 e. The first-order chi connectivity index (χ1) is 6.88. The highest BCUT2D eigenvalue weighted by Crippen LogP contribution is 2.07. The normalized spacial score (nSPS) is 9.64. The van der Waals surface area contributed by atoms with Crippen molar-refractivity contribution in [3.63, 3.8) is 0 Å². The average Bonchev–Trinajstić information content (AvgIpc) is 2.72. The molecule has 4 heteroatoms. The molecule has 0 bridgehead atoms. The Morgan fingerprint density at radius 2 is 2.07 bits per heavy atom. The second kappa shape index (κ2) is 3.71. The number of hydrogen-bond acceptors (Lipinski definition) is 4. The fourth-order valence-electron chi connectivity index (χ4n) is 1.15. The Morgan fingerprint density at radius 3 is 2.64 bits per heavy atom. The molecule has 14 heavy (non-hydrogen) atoms. The van der Waals surface area contributed by atoms with E-state index in [2.05, 4.69) is 16.2 Å². The van der Waals surface area contributed by atoms with Crippen LogP contribution in [0.2, 0.25) is 0 Å². The second-order valence-electron chi connectivity index (χ2n) is 2.82. The van der Waals surface area contributed by atoms with Crippen molar-refractivity contribution in [2.24, 2.45) is 0 Å². The van der Waals surface area contributed by atoms with Crippen LogP contribution in [-0.4, -0.2) is 10.1 Å². The monoisotopic (exact) mass is 185 g/mol. The summed E-state index contributed by atoms with van der Waals surface area (Å²) in [6.45, 7) is 0. The van der Waals surface area contributed by atoms with Gasteiger partial charge >= 0.3 is 0 Å². The van der Waals surface area contributed by atoms with Crippen molar-refractivity contribution in [3.05, 3.63) is 47.6 Å². The summed E-state index contributed by atoms with van der Waals surface area (Å²) in [6, 6.07) is 9.36. The minimum absolute atomic E-state index is 0.578. The third-order valence-electron chi connectivity index (χ3n) is 1.85. The Balaban J connectivity index is 2.15. The smallest absolute Gasteiger partial charge is 0.230 e. The molecule has 0 atom stereocenters. The molecule has 0 N–H and O–H groups in total. The van der Waals surface area contributed by atoms with Gasteiger partial charge in [0.1, 0.15) is 0 Å². The second-order valence-corrected chi connectivity index (χ2v) is 2.82. The molecular formula is C10H7N3O. The van der Waals surface area contributed by atoms with E-state index in [-0.39, 0.29) is 0 Å². The third kappa shape index (κ3) is 1.77. The molecule has 2 rings (SSSR count). The molecule has 0 spiro atoms. The lowest BCUT2D eigenvalue weighted by Crippen LogP contribution is -1.87. The van der Waals surface area contributed by atoms with Crippen molar-refractivity contribution >= 4 is 0 Å². The van der Waals surface area contributed by atoms with E-state index in [4.69, 9.17) is 9.78 Å². The van der Waals surface area contributed by atoms with Crippen molar-refractivity contribution < 1.29 is 4.52 Å². The van der Waals surface area contributed by atoms with Crippen LogP contribution < -0.4 is 0 Å². The summed E-state index contributed by atoms with van der Waals surface area (Å²) in [7, 11) is 0. The van der Waals surface area contributed by atoms with Crippen LogP contribution in [0.15, 0.2) is 35.1 Å². The highest BCUT2D eigenvalue weighted by Gasteiger charge is 2.00. The van der Waals surface area contributed by atoms with E-state index >= 15 is 0 Å². The fraction of sp³-hybridized carbons (Fsp3) is 0.100. The quantitative estimate of drug-likeness (QED) is 0.711. The molecule has 0 amide bonds. The van der Waals surface area contributed by atoms with Gasteiger partial charge in [-0.2, -0.15) is 10.2 Å². The molecular weight excluding hydrogens is 178 g/mol. The van der Waals surface area contributed by atoms with Crippen molar-refractivity contribution in [1.82, 2.24) is 10.1 Å². The minimum Gasteiger partial charge on any atom is -0.339 e. The standard InChI is InChI=1S/C10H7N3O/c11-6-9-3-1-8(2-4-9)5-10-12-7-13-14-10/h1-4,7H,5H2. The van der Waals surface area contributed by atoms with Gasteiger partial charge in [-0.25, -0.2) is 0 Å². The predicted octanol–water partition coefficient (Wildman–Crippen LogP) is 1.53. The van der Waals surface area contributed by atoms with Crippen molar-refractivity contribution in [2.45, 2.75) is 6.42 Å². The van der Waals surface area contributed by atoms with Gasteiger partial charge in [0.15, 0.2) is 6.33 Å². The number of aromatic nitrogens is 2. The van der Waals surface area contributed by atoms with Gasteiger partial charge in [0.2, 0.25) is 5.89 Å². The highest BCUT2D eigenvalue weighted by atomic mass is 16.5. The lowest BCUT2D eigenvalue weighted by molar-refractivity contribution is 0.384. The summed E-state index contributed by atoms with van der Waals surface area (Å²) in [4.78, 5) is 3.91. The maximum absolute atomic E-state index is 8.59. The first-order valence-electron chi connectivity index (χ1n) is 4.13. The minimum atomic E-state index is 0.578. The number of hydrogen-bond donors (Lipinski definition) is 0. The van der Waals surface area contributed by atoms with Crippen molar-refractivity contribution in [3.8, 4) is 6.07 Å². The van der Waals surface area contributed by atoms with Crippen LogP contribution in [0.25, 0.3) is 0 Å². The zero-order valence-corrected chi connectivity index (χ0v) is 7.34. The molecule has 4 nitrogen and oxygen atoms in total. The van der Waals surface area contributed by atoms with E-state index < -0.39 is 0 Å². The molecule has 0 unspecified atom stereocenters. The van der Waals surface area contributed by atoms with Gasteiger partial charge in [-0.15, -0.1) is 0 Å². The summed E-state index contributed by atoms with van der Waals surface area (Å²) in [5.74, 6) is 0.578. The summed E-state index contributed by atoms with van der Waals surface area (Å²) in [5.41, 5.74) is 1.70. The maximum Gasteiger partial charge on any atom is 0.230 e. The van der Waals surface area contributed by atoms with Gasteiger partial charge in [0.25, 0.3) is 0 Å². The van der Waals surface area contributed by atoms with Crippen molar-refractivity contribution in [1.29, 1.82) is 5.26 Å². The number of nitriles is 1. The summed E-state index contributed by atoms with van der Waals surface area (Å²) in [6.07, 6.45) is 1.98. The Hall–Kier alpha value is -2.15. The highest BCUT2D eigenvalue weighted by molar-refractivity contribution is 5.32. The summed E-state index contributed by atoms with van der Waals surface area (Å²) >= 11 is 0. The molecule has 1 aromatic heterocycles. The Labute approximate surface area is 80.8 Å². The maximum atomic E-state index is 8.59. The zero-order chi connectivity index (χ0) is 9.80. The van der Waals surface area contributed by atoms with Crippen LogP contribution in [0.1, 0.15) is 17.0 Å². The third-order valence-corrected chi connectivity index (χ3v) is 1.85. The Morgan fingerprint density at radius 1 is 1.29 bits per heavy atom. The van der Waals surface area contributed by atoms with Crippen LogP contribution >= 0.6 is 0 Å². The molecule has 68 valence electrons. The number of rotatable bonds is 2. The molecule has 0 saturated carbocycles. The van der Waals surface area contributed by atoms with Gasteiger partial charge in [-0.05, 0) is 17.7 Å². The SMILES string of the molecule is N#Cc1ccc(Cc2ncno2)cc1. The van der Waals surface area contributed by atoms with Crippen molar-refractivity contribution in [2.75, 3.05) is 0 Å².